The first-order chi connectivity index (χ1) is 21.5. The van der Waals surface area contributed by atoms with Crippen LogP contribution in [0.1, 0.15) is 56.5 Å². The number of rotatable bonds is 9. The van der Waals surface area contributed by atoms with Gasteiger partial charge in [-0.15, -0.1) is 0 Å². The highest BCUT2D eigenvalue weighted by molar-refractivity contribution is 6.60. The van der Waals surface area contributed by atoms with E-state index in [9.17, 15) is 14.7 Å². The van der Waals surface area contributed by atoms with Crippen LogP contribution in [-0.4, -0.2) is 87.0 Å². The average molecular weight is 621 g/mol. The Morgan fingerprint density at radius 2 is 1.98 bits per heavy atom. The normalized spacial score (nSPS) is 25.3. The number of nitrogens with zero attached hydrogens (tertiary/aromatic N) is 2. The third-order valence-corrected chi connectivity index (χ3v) is 7.50. The highest BCUT2D eigenvalue weighted by Gasteiger charge is 2.43. The van der Waals surface area contributed by atoms with Crippen LogP contribution >= 0.6 is 0 Å². The highest BCUT2D eigenvalue weighted by atomic mass is 16.8. The number of esters is 1. The quantitative estimate of drug-likeness (QED) is 0.139. The number of amides is 1. The van der Waals surface area contributed by atoms with Gasteiger partial charge in [-0.25, -0.2) is 9.78 Å². The standard InChI is InChI=1S/C33H41BN2O9/c1-21-13-14-25(37)30-26(44-33(3,4)45-30)11-8-10-23-18-24(19-27(42-20-40-5)29(23)31(38)43-22(21)2)41-17-9-16-36(32(34)39)28-12-6-7-15-35-28/h6-8,10,12-15,18-19,21-22,25-26,30,37H,9,11,16-17,20H2,1-5H3/b10-8?,14-13-/t21-,22+,25?,26+,30?/m1/s1. The fraction of sp³-hybridized carbons (Fsp3) is 0.485. The number of anilines is 1. The molecule has 1 aromatic carbocycles. The van der Waals surface area contributed by atoms with Gasteiger partial charge in [0.15, 0.2) is 18.4 Å². The number of ether oxygens (including phenoxy) is 6. The number of cyclic esters (lactones) is 1. The van der Waals surface area contributed by atoms with Gasteiger partial charge in [0, 0.05) is 31.8 Å². The van der Waals surface area contributed by atoms with Gasteiger partial charge in [-0.05, 0) is 57.4 Å². The lowest BCUT2D eigenvalue weighted by atomic mass is 9.99. The molecule has 45 heavy (non-hydrogen) atoms. The molecule has 4 rings (SSSR count). The third-order valence-electron chi connectivity index (χ3n) is 7.50. The molecule has 3 heterocycles. The number of methoxy groups -OCH3 is 1. The molecule has 2 radical (unpaired) electrons. The van der Waals surface area contributed by atoms with Crippen molar-refractivity contribution in [2.75, 3.05) is 32.0 Å². The summed E-state index contributed by atoms with van der Waals surface area (Å²) in [7, 11) is 7.06. The van der Waals surface area contributed by atoms with E-state index in [1.54, 1.807) is 55.6 Å². The maximum atomic E-state index is 13.6. The van der Waals surface area contributed by atoms with Crippen molar-refractivity contribution in [3.05, 3.63) is 65.9 Å². The molecule has 2 aliphatic rings. The molecule has 2 aliphatic heterocycles. The monoisotopic (exact) mass is 620 g/mol. The van der Waals surface area contributed by atoms with Crippen molar-refractivity contribution in [1.82, 2.24) is 4.98 Å². The molecule has 1 saturated heterocycles. The van der Waals surface area contributed by atoms with Crippen molar-refractivity contribution in [2.45, 2.75) is 70.7 Å². The zero-order chi connectivity index (χ0) is 32.6. The van der Waals surface area contributed by atoms with Gasteiger partial charge in [0.1, 0.15) is 41.2 Å². The molecule has 1 N–H and O–H groups in total. The average Bonchev–Trinajstić information content (AvgIpc) is 3.32. The van der Waals surface area contributed by atoms with Crippen LogP contribution in [0, 0.1) is 5.92 Å². The summed E-state index contributed by atoms with van der Waals surface area (Å²) in [6.07, 6.45) is 7.07. The molecule has 12 heteroatoms. The SMILES string of the molecule is [B]C(=O)N(CCCOc1cc2c(c(OCOC)c1)C(=O)O[C@@H](C)[C@H](C)/C=C\C(O)C1OC(C)(C)O[C@H]1CC=C2)c1ccccn1. The Bertz CT molecular complexity index is 1370. The summed E-state index contributed by atoms with van der Waals surface area (Å²) < 4.78 is 35.0. The number of pyridine rings is 1. The Labute approximate surface area is 265 Å². The van der Waals surface area contributed by atoms with Crippen LogP contribution in [0.3, 0.4) is 0 Å². The summed E-state index contributed by atoms with van der Waals surface area (Å²) in [6.45, 7) is 7.71. The predicted octanol–water partition coefficient (Wildman–Crippen LogP) is 4.66. The fourth-order valence-electron chi connectivity index (χ4n) is 5.10. The topological polar surface area (TPSA) is 126 Å². The molecule has 2 unspecified atom stereocenters. The van der Waals surface area contributed by atoms with E-state index in [2.05, 4.69) is 4.98 Å². The van der Waals surface area contributed by atoms with Crippen LogP contribution in [0.4, 0.5) is 10.6 Å². The molecule has 0 saturated carbocycles. The van der Waals surface area contributed by atoms with E-state index < -0.39 is 42.0 Å². The van der Waals surface area contributed by atoms with Gasteiger partial charge >= 0.3 is 5.97 Å². The van der Waals surface area contributed by atoms with E-state index in [0.717, 1.165) is 0 Å². The van der Waals surface area contributed by atoms with Gasteiger partial charge in [0.2, 0.25) is 7.85 Å². The largest absolute Gasteiger partial charge is 0.493 e. The van der Waals surface area contributed by atoms with Crippen molar-refractivity contribution in [2.24, 2.45) is 5.92 Å². The Morgan fingerprint density at radius 3 is 2.69 bits per heavy atom. The second kappa shape index (κ2) is 15.5. The Kier molecular flexibility index (Phi) is 11.8. The molecular weight excluding hydrogens is 579 g/mol. The zero-order valence-corrected chi connectivity index (χ0v) is 26.4. The molecule has 240 valence electrons. The number of aromatic nitrogens is 1. The lowest BCUT2D eigenvalue weighted by molar-refractivity contribution is -0.152. The van der Waals surface area contributed by atoms with Crippen molar-refractivity contribution in [3.63, 3.8) is 0 Å². The first kappa shape index (κ1) is 34.2. The van der Waals surface area contributed by atoms with Gasteiger partial charge in [0.25, 0.3) is 0 Å². The third kappa shape index (κ3) is 9.17. The fourth-order valence-corrected chi connectivity index (χ4v) is 5.10. The second-order valence-corrected chi connectivity index (χ2v) is 11.4. The first-order valence-electron chi connectivity index (χ1n) is 15.0. The molecule has 0 spiro atoms. The first-order valence-corrected chi connectivity index (χ1v) is 15.0. The molecule has 0 bridgehead atoms. The van der Waals surface area contributed by atoms with E-state index in [1.807, 2.05) is 32.9 Å². The molecule has 5 atom stereocenters. The summed E-state index contributed by atoms with van der Waals surface area (Å²) in [4.78, 5) is 31.2. The van der Waals surface area contributed by atoms with Gasteiger partial charge in [-0.2, -0.15) is 0 Å². The number of hydrogen-bond acceptors (Lipinski definition) is 10. The van der Waals surface area contributed by atoms with Crippen molar-refractivity contribution >= 4 is 31.5 Å². The molecule has 1 amide bonds. The molecule has 2 aromatic rings. The van der Waals surface area contributed by atoms with E-state index in [4.69, 9.17) is 36.3 Å². The van der Waals surface area contributed by atoms with Crippen LogP contribution in [0.15, 0.2) is 54.8 Å². The number of carbonyl (C=O) groups is 2. The molecule has 11 nitrogen and oxygen atoms in total. The number of fused-ring (bicyclic) bond motifs is 2. The van der Waals surface area contributed by atoms with Crippen molar-refractivity contribution in [3.8, 4) is 11.5 Å². The summed E-state index contributed by atoms with van der Waals surface area (Å²) >= 11 is 0. The number of hydrogen-bond donors (Lipinski definition) is 1. The van der Waals surface area contributed by atoms with E-state index in [1.165, 1.54) is 12.0 Å². The summed E-state index contributed by atoms with van der Waals surface area (Å²) in [5, 5.41) is 10.9. The van der Waals surface area contributed by atoms with Gasteiger partial charge in [-0.1, -0.05) is 37.3 Å². The maximum Gasteiger partial charge on any atom is 0.342 e. The van der Waals surface area contributed by atoms with Gasteiger partial charge in [0.05, 0.1) is 12.7 Å². The number of aliphatic hydroxyl groups excluding tert-OH is 1. The minimum atomic E-state index is -0.914. The van der Waals surface area contributed by atoms with E-state index in [0.29, 0.717) is 30.0 Å². The lowest BCUT2D eigenvalue weighted by Gasteiger charge is -2.23. The van der Waals surface area contributed by atoms with Crippen LogP contribution in [-0.2, 0) is 18.9 Å². The van der Waals surface area contributed by atoms with E-state index in [-0.39, 0.29) is 37.2 Å². The smallest absolute Gasteiger partial charge is 0.342 e. The molecular formula is C33H41BN2O9. The minimum Gasteiger partial charge on any atom is -0.493 e. The second-order valence-electron chi connectivity index (χ2n) is 11.4. The summed E-state index contributed by atoms with van der Waals surface area (Å²) in [6, 6.07) is 8.56. The molecule has 0 aliphatic carbocycles. The Hall–Kier alpha value is -3.71. The summed E-state index contributed by atoms with van der Waals surface area (Å²) in [5.74, 6) is -1.17. The van der Waals surface area contributed by atoms with Crippen LogP contribution < -0.4 is 14.4 Å². The minimum absolute atomic E-state index is 0.110. The van der Waals surface area contributed by atoms with E-state index >= 15 is 0 Å². The maximum absolute atomic E-state index is 13.6. The van der Waals surface area contributed by atoms with Crippen LogP contribution in [0.5, 0.6) is 11.5 Å². The van der Waals surface area contributed by atoms with Crippen LogP contribution in [0.2, 0.25) is 0 Å². The van der Waals surface area contributed by atoms with Gasteiger partial charge in [-0.3, -0.25) is 4.79 Å². The van der Waals surface area contributed by atoms with Crippen LogP contribution in [0.25, 0.3) is 6.08 Å². The molecule has 1 aromatic heterocycles. The molecule has 1 fully saturated rings. The summed E-state index contributed by atoms with van der Waals surface area (Å²) in [5.41, 5.74) is 0.713. The Balaban J connectivity index is 1.62. The number of aliphatic hydroxyl groups is 1. The number of benzene rings is 1. The van der Waals surface area contributed by atoms with Gasteiger partial charge < -0.3 is 38.4 Å². The number of carbonyl (C=O) groups excluding carboxylic acids is 2. The highest BCUT2D eigenvalue weighted by Crippen LogP contribution is 2.35. The van der Waals surface area contributed by atoms with Crippen molar-refractivity contribution in [1.29, 1.82) is 0 Å². The Morgan fingerprint density at radius 1 is 1.18 bits per heavy atom. The van der Waals surface area contributed by atoms with Crippen molar-refractivity contribution < 1.29 is 43.1 Å². The zero-order valence-electron chi connectivity index (χ0n) is 26.4. The predicted molar refractivity (Wildman–Crippen MR) is 168 cm³/mol. The lowest BCUT2D eigenvalue weighted by Crippen LogP contribution is -2.34.